The van der Waals surface area contributed by atoms with E-state index in [-0.39, 0.29) is 11.7 Å². The van der Waals surface area contributed by atoms with Gasteiger partial charge in [-0.3, -0.25) is 4.79 Å². The lowest BCUT2D eigenvalue weighted by Crippen LogP contribution is -2.56. The number of halogens is 1. The van der Waals surface area contributed by atoms with E-state index >= 15 is 0 Å². The van der Waals surface area contributed by atoms with Gasteiger partial charge in [0.25, 0.3) is 0 Å². The maximum absolute atomic E-state index is 13.1. The fraction of sp³-hybridized carbons (Fsp3) is 0.611. The number of piperidine rings is 1. The first-order chi connectivity index (χ1) is 11.0. The van der Waals surface area contributed by atoms with Crippen molar-refractivity contribution in [3.8, 4) is 0 Å². The molecule has 3 rings (SSSR count). The highest BCUT2D eigenvalue weighted by Crippen LogP contribution is 2.35. The van der Waals surface area contributed by atoms with Crippen LogP contribution in [0.3, 0.4) is 0 Å². The molecular weight excluding hydrogens is 297 g/mol. The van der Waals surface area contributed by atoms with Gasteiger partial charge in [-0.05, 0) is 55.9 Å². The van der Waals surface area contributed by atoms with Crippen LogP contribution in [0.25, 0.3) is 0 Å². The molecule has 1 unspecified atom stereocenters. The van der Waals surface area contributed by atoms with E-state index in [1.165, 1.54) is 12.1 Å². The lowest BCUT2D eigenvalue weighted by Gasteiger charge is -2.46. The quantitative estimate of drug-likeness (QED) is 0.908. The van der Waals surface area contributed by atoms with Gasteiger partial charge in [0.1, 0.15) is 5.82 Å². The summed E-state index contributed by atoms with van der Waals surface area (Å²) in [6, 6.07) is 4.54. The number of likely N-dealkylation sites (tertiary alicyclic amines) is 1. The molecule has 1 aromatic rings. The van der Waals surface area contributed by atoms with E-state index in [0.29, 0.717) is 39.0 Å². The Balaban J connectivity index is 1.60. The number of aliphatic hydroxyl groups is 1. The van der Waals surface area contributed by atoms with Gasteiger partial charge in [-0.1, -0.05) is 6.07 Å². The van der Waals surface area contributed by atoms with Crippen molar-refractivity contribution >= 4 is 5.91 Å². The summed E-state index contributed by atoms with van der Waals surface area (Å²) in [5, 5.41) is 10.2. The maximum atomic E-state index is 13.1. The summed E-state index contributed by atoms with van der Waals surface area (Å²) in [5.41, 5.74) is 1.21. The van der Waals surface area contributed by atoms with Crippen LogP contribution in [0.15, 0.2) is 18.2 Å². The summed E-state index contributed by atoms with van der Waals surface area (Å²) in [4.78, 5) is 14.3. The zero-order valence-electron chi connectivity index (χ0n) is 13.6. The van der Waals surface area contributed by atoms with Crippen LogP contribution in [0.2, 0.25) is 0 Å². The standard InChI is InChI=1S/C18H24FNO3/c1-13-11-15(19)5-4-14(13)12-17(22)20-8-6-18(7-9-20)16(21)3-2-10-23-18/h4-5,11,16,21H,2-3,6-10,12H2,1H3. The van der Waals surface area contributed by atoms with Gasteiger partial charge in [-0.15, -0.1) is 0 Å². The second-order valence-corrected chi connectivity index (χ2v) is 6.70. The molecule has 1 aromatic carbocycles. The minimum atomic E-state index is -0.458. The van der Waals surface area contributed by atoms with E-state index in [2.05, 4.69) is 0 Å². The zero-order valence-corrected chi connectivity index (χ0v) is 13.6. The van der Waals surface area contributed by atoms with Crippen LogP contribution < -0.4 is 0 Å². The van der Waals surface area contributed by atoms with E-state index in [1.807, 2.05) is 11.8 Å². The van der Waals surface area contributed by atoms with Gasteiger partial charge < -0.3 is 14.7 Å². The number of ether oxygens (including phenoxy) is 1. The van der Waals surface area contributed by atoms with Crippen molar-refractivity contribution in [2.45, 2.75) is 50.7 Å². The summed E-state index contributed by atoms with van der Waals surface area (Å²) in [7, 11) is 0. The minimum Gasteiger partial charge on any atom is -0.390 e. The van der Waals surface area contributed by atoms with Crippen LogP contribution in [0.4, 0.5) is 4.39 Å². The maximum Gasteiger partial charge on any atom is 0.227 e. The molecule has 2 aliphatic heterocycles. The van der Waals surface area contributed by atoms with Crippen LogP contribution in [0, 0.1) is 12.7 Å². The van der Waals surface area contributed by atoms with Crippen molar-refractivity contribution in [1.29, 1.82) is 0 Å². The third-order valence-corrected chi connectivity index (χ3v) is 5.23. The molecule has 0 saturated carbocycles. The molecule has 1 amide bonds. The summed E-state index contributed by atoms with van der Waals surface area (Å²) in [6.45, 7) is 3.73. The number of rotatable bonds is 2. The second-order valence-electron chi connectivity index (χ2n) is 6.70. The first-order valence-corrected chi connectivity index (χ1v) is 8.35. The highest BCUT2D eigenvalue weighted by molar-refractivity contribution is 5.79. The number of hydrogen-bond donors (Lipinski definition) is 1. The summed E-state index contributed by atoms with van der Waals surface area (Å²) in [6.07, 6.45) is 2.92. The van der Waals surface area contributed by atoms with Crippen molar-refractivity contribution in [1.82, 2.24) is 4.90 Å². The highest BCUT2D eigenvalue weighted by atomic mass is 19.1. The van der Waals surface area contributed by atoms with Gasteiger partial charge in [0, 0.05) is 19.7 Å². The molecule has 1 spiro atoms. The fourth-order valence-electron chi connectivity index (χ4n) is 3.66. The van der Waals surface area contributed by atoms with Gasteiger partial charge in [0.2, 0.25) is 5.91 Å². The van der Waals surface area contributed by atoms with E-state index in [1.54, 1.807) is 6.07 Å². The number of amides is 1. The van der Waals surface area contributed by atoms with Crippen molar-refractivity contribution < 1.29 is 19.0 Å². The molecule has 2 aliphatic rings. The molecule has 1 N–H and O–H groups in total. The average Bonchev–Trinajstić information content (AvgIpc) is 2.54. The Morgan fingerprint density at radius 1 is 1.43 bits per heavy atom. The number of carbonyl (C=O) groups excluding carboxylic acids is 1. The average molecular weight is 321 g/mol. The lowest BCUT2D eigenvalue weighted by molar-refractivity contribution is -0.179. The van der Waals surface area contributed by atoms with Crippen LogP contribution >= 0.6 is 0 Å². The van der Waals surface area contributed by atoms with Crippen molar-refractivity contribution in [3.05, 3.63) is 35.1 Å². The first kappa shape index (κ1) is 16.4. The Bertz CT molecular complexity index is 582. The molecule has 0 aromatic heterocycles. The molecule has 0 radical (unpaired) electrons. The largest absolute Gasteiger partial charge is 0.390 e. The zero-order chi connectivity index (χ0) is 16.4. The molecule has 2 fully saturated rings. The number of benzene rings is 1. The molecule has 4 nitrogen and oxygen atoms in total. The lowest BCUT2D eigenvalue weighted by atomic mass is 9.82. The van der Waals surface area contributed by atoms with Crippen LogP contribution in [-0.4, -0.2) is 47.3 Å². The SMILES string of the molecule is Cc1cc(F)ccc1CC(=O)N1CCC2(CC1)OCCCC2O. The highest BCUT2D eigenvalue weighted by Gasteiger charge is 2.44. The Kier molecular flexibility index (Phi) is 4.69. The smallest absolute Gasteiger partial charge is 0.227 e. The fourth-order valence-corrected chi connectivity index (χ4v) is 3.66. The van der Waals surface area contributed by atoms with E-state index in [9.17, 15) is 14.3 Å². The number of aliphatic hydroxyl groups excluding tert-OH is 1. The monoisotopic (exact) mass is 321 g/mol. The molecule has 5 heteroatoms. The Labute approximate surface area is 136 Å². The molecule has 2 heterocycles. The van der Waals surface area contributed by atoms with Gasteiger partial charge in [0.05, 0.1) is 18.1 Å². The van der Waals surface area contributed by atoms with Crippen LogP contribution in [0.5, 0.6) is 0 Å². The van der Waals surface area contributed by atoms with Crippen molar-refractivity contribution in [2.75, 3.05) is 19.7 Å². The van der Waals surface area contributed by atoms with Gasteiger partial charge >= 0.3 is 0 Å². The number of carbonyl (C=O) groups is 1. The normalized spacial score (nSPS) is 24.0. The topological polar surface area (TPSA) is 49.8 Å². The number of nitrogens with zero attached hydrogens (tertiary/aromatic N) is 1. The van der Waals surface area contributed by atoms with Crippen LogP contribution in [0.1, 0.15) is 36.8 Å². The summed E-state index contributed by atoms with van der Waals surface area (Å²) >= 11 is 0. The van der Waals surface area contributed by atoms with E-state index < -0.39 is 11.7 Å². The van der Waals surface area contributed by atoms with Gasteiger partial charge in [-0.25, -0.2) is 4.39 Å². The first-order valence-electron chi connectivity index (χ1n) is 8.35. The van der Waals surface area contributed by atoms with E-state index in [0.717, 1.165) is 24.0 Å². The molecule has 126 valence electrons. The third kappa shape index (κ3) is 3.40. The predicted octanol–water partition coefficient (Wildman–Crippen LogP) is 2.21. The number of hydrogen-bond acceptors (Lipinski definition) is 3. The Hall–Kier alpha value is -1.46. The van der Waals surface area contributed by atoms with Gasteiger partial charge in [0.15, 0.2) is 0 Å². The predicted molar refractivity (Wildman–Crippen MR) is 84.6 cm³/mol. The summed E-state index contributed by atoms with van der Waals surface area (Å²) in [5.74, 6) is -0.220. The van der Waals surface area contributed by atoms with Gasteiger partial charge in [-0.2, -0.15) is 0 Å². The molecule has 1 atom stereocenters. The minimum absolute atomic E-state index is 0.0554. The molecular formula is C18H24FNO3. The van der Waals surface area contributed by atoms with Crippen molar-refractivity contribution in [3.63, 3.8) is 0 Å². The van der Waals surface area contributed by atoms with Crippen LogP contribution in [-0.2, 0) is 16.0 Å². The molecule has 23 heavy (non-hydrogen) atoms. The summed E-state index contributed by atoms with van der Waals surface area (Å²) < 4.78 is 19.0. The molecule has 0 aliphatic carbocycles. The Morgan fingerprint density at radius 3 is 2.83 bits per heavy atom. The number of aryl methyl sites for hydroxylation is 1. The molecule has 0 bridgehead atoms. The van der Waals surface area contributed by atoms with Crippen molar-refractivity contribution in [2.24, 2.45) is 0 Å². The van der Waals surface area contributed by atoms with E-state index in [4.69, 9.17) is 4.74 Å². The third-order valence-electron chi connectivity index (χ3n) is 5.23. The second kappa shape index (κ2) is 6.57. The molecule has 2 saturated heterocycles. The Morgan fingerprint density at radius 2 is 2.17 bits per heavy atom.